The number of benzene rings is 1. The Morgan fingerprint density at radius 1 is 1.21 bits per heavy atom. The van der Waals surface area contributed by atoms with Crippen LogP contribution in [-0.2, 0) is 24.2 Å². The number of rotatable bonds is 4. The number of amides is 3. The number of allylic oxidation sites excluding steroid dienone is 2. The number of imide groups is 1. The van der Waals surface area contributed by atoms with E-state index in [0.717, 1.165) is 22.5 Å². The van der Waals surface area contributed by atoms with Gasteiger partial charge >= 0.3 is 0 Å². The fourth-order valence-corrected chi connectivity index (χ4v) is 5.16. The molecule has 1 aliphatic carbocycles. The van der Waals surface area contributed by atoms with Gasteiger partial charge in [0.05, 0.1) is 26.9 Å². The van der Waals surface area contributed by atoms with Crippen LogP contribution in [0.3, 0.4) is 0 Å². The van der Waals surface area contributed by atoms with Gasteiger partial charge in [-0.05, 0) is 31.0 Å². The summed E-state index contributed by atoms with van der Waals surface area (Å²) in [5.41, 5.74) is 0.554. The molecule has 1 N–H and O–H groups in total. The zero-order chi connectivity index (χ0) is 20.1. The predicted octanol–water partition coefficient (Wildman–Crippen LogP) is 1.59. The monoisotopic (exact) mass is 419 g/mol. The maximum atomic E-state index is 12.4. The highest BCUT2D eigenvalue weighted by Gasteiger charge is 2.47. The summed E-state index contributed by atoms with van der Waals surface area (Å²) in [7, 11) is -3.34. The number of fused-ring (bicyclic) bond motifs is 2. The molecule has 2 atom stereocenters. The lowest BCUT2D eigenvalue weighted by Gasteiger charge is -2.14. The Balaban J connectivity index is 1.48. The van der Waals surface area contributed by atoms with Gasteiger partial charge in [0.15, 0.2) is 15.0 Å². The van der Waals surface area contributed by atoms with Crippen molar-refractivity contribution < 1.29 is 22.8 Å². The molecule has 8 nitrogen and oxygen atoms in total. The van der Waals surface area contributed by atoms with Gasteiger partial charge in [-0.2, -0.15) is 0 Å². The molecule has 0 spiro atoms. The van der Waals surface area contributed by atoms with E-state index in [-0.39, 0.29) is 40.2 Å². The van der Waals surface area contributed by atoms with Gasteiger partial charge in [0.25, 0.3) is 0 Å². The Hall–Kier alpha value is -2.59. The Morgan fingerprint density at radius 2 is 1.86 bits per heavy atom. The van der Waals surface area contributed by atoms with Gasteiger partial charge in [-0.25, -0.2) is 13.4 Å². The van der Waals surface area contributed by atoms with Crippen LogP contribution < -0.4 is 5.32 Å². The SMILES string of the molecule is CS(=O)(=O)c1ccc2nc(NC(=O)CN3C(=O)[C@H]4CC=CC[C@@H]4C3=O)sc2c1. The lowest BCUT2D eigenvalue weighted by atomic mass is 9.85. The van der Waals surface area contributed by atoms with Gasteiger partial charge in [0.2, 0.25) is 17.7 Å². The first-order chi connectivity index (χ1) is 13.2. The van der Waals surface area contributed by atoms with Gasteiger partial charge in [0, 0.05) is 6.26 Å². The Labute approximate surface area is 165 Å². The molecular weight excluding hydrogens is 402 g/mol. The van der Waals surface area contributed by atoms with Crippen molar-refractivity contribution in [1.29, 1.82) is 0 Å². The molecule has 10 heteroatoms. The van der Waals surface area contributed by atoms with Gasteiger partial charge in [-0.1, -0.05) is 23.5 Å². The highest BCUT2D eigenvalue weighted by atomic mass is 32.2. The van der Waals surface area contributed by atoms with Crippen molar-refractivity contribution in [3.05, 3.63) is 30.4 Å². The maximum absolute atomic E-state index is 12.4. The van der Waals surface area contributed by atoms with Crippen molar-refractivity contribution in [2.45, 2.75) is 17.7 Å². The minimum atomic E-state index is -3.34. The average molecular weight is 419 g/mol. The zero-order valence-electron chi connectivity index (χ0n) is 14.9. The number of thiazole rings is 1. The summed E-state index contributed by atoms with van der Waals surface area (Å²) in [5.74, 6) is -1.88. The molecule has 1 aromatic carbocycles. The molecule has 0 bridgehead atoms. The van der Waals surface area contributed by atoms with Crippen LogP contribution in [0.25, 0.3) is 10.2 Å². The van der Waals surface area contributed by atoms with Crippen LogP contribution in [0.15, 0.2) is 35.2 Å². The Kier molecular flexibility index (Phi) is 4.54. The van der Waals surface area contributed by atoms with Crippen LogP contribution in [0.1, 0.15) is 12.8 Å². The van der Waals surface area contributed by atoms with Crippen LogP contribution in [0.2, 0.25) is 0 Å². The summed E-state index contributed by atoms with van der Waals surface area (Å²) < 4.78 is 23.9. The van der Waals surface area contributed by atoms with Crippen molar-refractivity contribution in [1.82, 2.24) is 9.88 Å². The van der Waals surface area contributed by atoms with Gasteiger partial charge < -0.3 is 5.32 Å². The number of nitrogens with zero attached hydrogens (tertiary/aromatic N) is 2. The third kappa shape index (κ3) is 3.33. The van der Waals surface area contributed by atoms with E-state index in [2.05, 4.69) is 10.3 Å². The summed E-state index contributed by atoms with van der Waals surface area (Å²) >= 11 is 1.13. The van der Waals surface area contributed by atoms with Gasteiger partial charge in [-0.3, -0.25) is 19.3 Å². The second-order valence-corrected chi connectivity index (χ2v) is 9.93. The van der Waals surface area contributed by atoms with Crippen molar-refractivity contribution in [2.24, 2.45) is 11.8 Å². The molecule has 0 saturated carbocycles. The van der Waals surface area contributed by atoms with Gasteiger partial charge in [0.1, 0.15) is 6.54 Å². The molecule has 0 radical (unpaired) electrons. The maximum Gasteiger partial charge on any atom is 0.246 e. The van der Waals surface area contributed by atoms with E-state index in [4.69, 9.17) is 0 Å². The Bertz CT molecular complexity index is 1110. The van der Waals surface area contributed by atoms with E-state index in [1.165, 1.54) is 12.1 Å². The molecule has 1 fully saturated rings. The lowest BCUT2D eigenvalue weighted by molar-refractivity contribution is -0.142. The van der Waals surface area contributed by atoms with E-state index < -0.39 is 15.7 Å². The van der Waals surface area contributed by atoms with E-state index in [9.17, 15) is 22.8 Å². The standard InChI is InChI=1S/C18H17N3O5S2/c1-28(25,26)10-6-7-13-14(8-10)27-18(19-13)20-15(22)9-21-16(23)11-4-2-3-5-12(11)17(21)24/h2-3,6-8,11-12H,4-5,9H2,1H3,(H,19,20,22)/t11-,12-/m0/s1. The first kappa shape index (κ1) is 18.8. The van der Waals surface area contributed by atoms with Crippen molar-refractivity contribution >= 4 is 54.2 Å². The van der Waals surface area contributed by atoms with Crippen LogP contribution in [0.5, 0.6) is 0 Å². The molecule has 28 heavy (non-hydrogen) atoms. The topological polar surface area (TPSA) is 114 Å². The molecule has 146 valence electrons. The summed E-state index contributed by atoms with van der Waals surface area (Å²) in [6.07, 6.45) is 5.94. The number of anilines is 1. The van der Waals surface area contributed by atoms with E-state index in [0.29, 0.717) is 23.1 Å². The number of aromatic nitrogens is 1. The summed E-state index contributed by atoms with van der Waals surface area (Å²) in [4.78, 5) is 42.7. The summed E-state index contributed by atoms with van der Waals surface area (Å²) in [6.45, 7) is -0.352. The average Bonchev–Trinajstić information content (AvgIpc) is 3.14. The van der Waals surface area contributed by atoms with Crippen molar-refractivity contribution in [3.63, 3.8) is 0 Å². The number of carbonyl (C=O) groups excluding carboxylic acids is 3. The molecule has 3 amide bonds. The second kappa shape index (κ2) is 6.78. The van der Waals surface area contributed by atoms with Crippen molar-refractivity contribution in [2.75, 3.05) is 18.1 Å². The number of nitrogens with one attached hydrogen (secondary N) is 1. The molecule has 4 rings (SSSR count). The highest BCUT2D eigenvalue weighted by molar-refractivity contribution is 7.90. The fourth-order valence-electron chi connectivity index (χ4n) is 3.52. The second-order valence-electron chi connectivity index (χ2n) is 6.89. The molecule has 1 aliphatic heterocycles. The molecule has 0 unspecified atom stereocenters. The number of likely N-dealkylation sites (tertiary alicyclic amines) is 1. The molecular formula is C18H17N3O5S2. The molecule has 2 aromatic rings. The van der Waals surface area contributed by atoms with Crippen LogP contribution in [0.4, 0.5) is 5.13 Å². The largest absolute Gasteiger partial charge is 0.300 e. The first-order valence-electron chi connectivity index (χ1n) is 8.65. The molecule has 1 saturated heterocycles. The number of sulfone groups is 1. The highest BCUT2D eigenvalue weighted by Crippen LogP contribution is 2.35. The molecule has 2 heterocycles. The van der Waals surface area contributed by atoms with E-state index in [1.54, 1.807) is 6.07 Å². The van der Waals surface area contributed by atoms with Crippen LogP contribution in [-0.4, -0.2) is 48.8 Å². The minimum absolute atomic E-state index is 0.172. The Morgan fingerprint density at radius 3 is 2.46 bits per heavy atom. The summed E-state index contributed by atoms with van der Waals surface area (Å²) in [5, 5.41) is 2.88. The number of hydrogen-bond donors (Lipinski definition) is 1. The van der Waals surface area contributed by atoms with Crippen LogP contribution in [0, 0.1) is 11.8 Å². The third-order valence-electron chi connectivity index (χ3n) is 4.93. The van der Waals surface area contributed by atoms with Crippen LogP contribution >= 0.6 is 11.3 Å². The number of hydrogen-bond acceptors (Lipinski definition) is 7. The van der Waals surface area contributed by atoms with Crippen molar-refractivity contribution in [3.8, 4) is 0 Å². The smallest absolute Gasteiger partial charge is 0.246 e. The predicted molar refractivity (Wildman–Crippen MR) is 103 cm³/mol. The molecule has 1 aromatic heterocycles. The fraction of sp³-hybridized carbons (Fsp3) is 0.333. The summed E-state index contributed by atoms with van der Waals surface area (Å²) in [6, 6.07) is 4.53. The van der Waals surface area contributed by atoms with Gasteiger partial charge in [-0.15, -0.1) is 0 Å². The lowest BCUT2D eigenvalue weighted by Crippen LogP contribution is -2.38. The number of carbonyl (C=O) groups is 3. The third-order valence-corrected chi connectivity index (χ3v) is 6.98. The van der Waals surface area contributed by atoms with E-state index in [1.807, 2.05) is 12.2 Å². The normalized spacial score (nSPS) is 22.0. The minimum Gasteiger partial charge on any atom is -0.300 e. The molecule has 2 aliphatic rings. The first-order valence-corrected chi connectivity index (χ1v) is 11.4. The van der Waals surface area contributed by atoms with E-state index >= 15 is 0 Å². The zero-order valence-corrected chi connectivity index (χ0v) is 16.5. The quantitative estimate of drug-likeness (QED) is 0.595.